The Morgan fingerprint density at radius 1 is 0.894 bits per heavy atom. The largest absolute Gasteiger partial charge is 0.491 e. The van der Waals surface area contributed by atoms with Crippen LogP contribution in [-0.4, -0.2) is 53.7 Å². The van der Waals surface area contributed by atoms with Gasteiger partial charge >= 0.3 is 11.9 Å². The molecule has 4 aromatic carbocycles. The number of nitrogens with one attached hydrogen (secondary N) is 1. The molecule has 3 aliphatic rings. The first-order valence-corrected chi connectivity index (χ1v) is 15.6. The Hall–Kier alpha value is -5.25. The van der Waals surface area contributed by atoms with Gasteiger partial charge in [-0.1, -0.05) is 104 Å². The number of hydrogen-bond acceptors (Lipinski definition) is 8. The third-order valence-electron chi connectivity index (χ3n) is 9.35. The maximum absolute atomic E-state index is 14.7. The van der Waals surface area contributed by atoms with Crippen molar-refractivity contribution < 1.29 is 33.7 Å². The molecule has 0 bridgehead atoms. The van der Waals surface area contributed by atoms with Gasteiger partial charge in [-0.25, -0.2) is 0 Å². The van der Waals surface area contributed by atoms with E-state index >= 15 is 0 Å². The van der Waals surface area contributed by atoms with Crippen molar-refractivity contribution in [3.05, 3.63) is 144 Å². The van der Waals surface area contributed by atoms with Crippen molar-refractivity contribution in [2.75, 3.05) is 25.1 Å². The highest BCUT2D eigenvalue weighted by atomic mass is 16.6. The molecule has 0 saturated carbocycles. The molecule has 1 amide bonds. The number of amides is 1. The van der Waals surface area contributed by atoms with E-state index in [4.69, 9.17) is 14.2 Å². The predicted molar refractivity (Wildman–Crippen MR) is 173 cm³/mol. The number of carbonyl (C=O) groups is 3. The molecule has 1 spiro atoms. The number of nitrogens with zero attached hydrogens (tertiary/aromatic N) is 1. The van der Waals surface area contributed by atoms with Crippen LogP contribution in [-0.2, 0) is 29.3 Å². The van der Waals surface area contributed by atoms with E-state index in [0.29, 0.717) is 22.6 Å². The molecule has 0 aromatic heterocycles. The lowest BCUT2D eigenvalue weighted by Crippen LogP contribution is -2.52. The van der Waals surface area contributed by atoms with Crippen molar-refractivity contribution in [1.29, 1.82) is 0 Å². The number of cyclic esters (lactones) is 1. The third kappa shape index (κ3) is 4.90. The number of morpholine rings is 1. The maximum Gasteiger partial charge on any atom is 0.325 e. The van der Waals surface area contributed by atoms with Gasteiger partial charge in [-0.15, -0.1) is 0 Å². The van der Waals surface area contributed by atoms with Crippen molar-refractivity contribution in [2.24, 2.45) is 5.92 Å². The van der Waals surface area contributed by atoms with Crippen molar-refractivity contribution >= 4 is 23.5 Å². The highest BCUT2D eigenvalue weighted by Crippen LogP contribution is 2.65. The molecule has 3 heterocycles. The average Bonchev–Trinajstić information content (AvgIpc) is 3.59. The summed E-state index contributed by atoms with van der Waals surface area (Å²) in [7, 11) is 0. The number of hydrogen-bond donors (Lipinski definition) is 2. The molecular formula is C38H34N2O7. The highest BCUT2D eigenvalue weighted by molar-refractivity contribution is 6.11. The highest BCUT2D eigenvalue weighted by Gasteiger charge is 2.74. The van der Waals surface area contributed by atoms with E-state index in [0.717, 1.165) is 11.1 Å². The van der Waals surface area contributed by atoms with Crippen LogP contribution in [0.1, 0.15) is 40.4 Å². The van der Waals surface area contributed by atoms with Crippen LogP contribution in [0.25, 0.3) is 0 Å². The van der Waals surface area contributed by atoms with Crippen molar-refractivity contribution in [3.8, 4) is 5.75 Å². The van der Waals surface area contributed by atoms with Crippen molar-refractivity contribution in [2.45, 2.75) is 29.6 Å². The molecule has 238 valence electrons. The zero-order valence-electron chi connectivity index (χ0n) is 25.5. The van der Waals surface area contributed by atoms with Gasteiger partial charge in [0.05, 0.1) is 18.7 Å². The quantitative estimate of drug-likeness (QED) is 0.195. The second kappa shape index (κ2) is 12.5. The zero-order valence-corrected chi connectivity index (χ0v) is 25.5. The summed E-state index contributed by atoms with van der Waals surface area (Å²) in [6, 6.07) is 31.0. The normalized spacial score (nSPS) is 26.2. The molecule has 0 radical (unpaired) electrons. The van der Waals surface area contributed by atoms with Crippen LogP contribution in [0.4, 0.5) is 5.69 Å². The van der Waals surface area contributed by atoms with Gasteiger partial charge in [0.25, 0.3) is 0 Å². The number of aliphatic hydroxyl groups is 1. The number of benzene rings is 4. The molecule has 0 aliphatic carbocycles. The Kier molecular flexibility index (Phi) is 8.09. The summed E-state index contributed by atoms with van der Waals surface area (Å²) in [6.45, 7) is 3.49. The minimum absolute atomic E-state index is 0.0699. The smallest absolute Gasteiger partial charge is 0.325 e. The SMILES string of the molecule is C=CCOC(=O)C1C2C(=O)OC(c3ccccc3)C(c3ccccc3)N2C(c2cccc(OCCO)c2)C12C(=O)Nc1ccccc12. The summed E-state index contributed by atoms with van der Waals surface area (Å²) in [5, 5.41) is 12.5. The van der Waals surface area contributed by atoms with E-state index in [2.05, 4.69) is 11.9 Å². The zero-order chi connectivity index (χ0) is 32.5. The first kappa shape index (κ1) is 30.4. The van der Waals surface area contributed by atoms with Gasteiger partial charge in [0.2, 0.25) is 5.91 Å². The van der Waals surface area contributed by atoms with Crippen LogP contribution in [0.5, 0.6) is 5.75 Å². The lowest BCUT2D eigenvalue weighted by molar-refractivity contribution is -0.180. The lowest BCUT2D eigenvalue weighted by Gasteiger charge is -2.46. The molecule has 47 heavy (non-hydrogen) atoms. The van der Waals surface area contributed by atoms with Gasteiger partial charge in [0.15, 0.2) is 0 Å². The number of anilines is 1. The fourth-order valence-corrected chi connectivity index (χ4v) is 7.68. The minimum Gasteiger partial charge on any atom is -0.491 e. The van der Waals surface area contributed by atoms with Crippen LogP contribution in [0.2, 0.25) is 0 Å². The molecule has 2 saturated heterocycles. The average molecular weight is 631 g/mol. The first-order chi connectivity index (χ1) is 23.0. The van der Waals surface area contributed by atoms with Crippen LogP contribution < -0.4 is 10.1 Å². The Morgan fingerprint density at radius 2 is 1.57 bits per heavy atom. The molecular weight excluding hydrogens is 596 g/mol. The summed E-state index contributed by atoms with van der Waals surface area (Å²) >= 11 is 0. The van der Waals surface area contributed by atoms with Crippen LogP contribution >= 0.6 is 0 Å². The molecule has 2 N–H and O–H groups in total. The number of para-hydroxylation sites is 1. The second-order valence-electron chi connectivity index (χ2n) is 11.8. The standard InChI is InChI=1S/C38H34N2O7/c1-2-21-46-35(42)30-32-36(43)47-33(25-14-7-4-8-15-25)31(24-12-5-3-6-13-24)40(32)34(26-16-11-17-27(23-26)45-22-20-41)38(30)28-18-9-10-19-29(28)39-37(38)44/h2-19,23,30-34,41H,1,20-22H2,(H,39,44). The van der Waals surface area contributed by atoms with Gasteiger partial charge in [-0.3, -0.25) is 19.3 Å². The van der Waals surface area contributed by atoms with Gasteiger partial charge in [-0.2, -0.15) is 0 Å². The van der Waals surface area contributed by atoms with E-state index in [1.807, 2.05) is 95.9 Å². The fourth-order valence-electron chi connectivity index (χ4n) is 7.68. The molecule has 9 nitrogen and oxygen atoms in total. The molecule has 3 aliphatic heterocycles. The van der Waals surface area contributed by atoms with Gasteiger partial charge in [0.1, 0.15) is 42.4 Å². The van der Waals surface area contributed by atoms with Crippen molar-refractivity contribution in [1.82, 2.24) is 4.90 Å². The first-order valence-electron chi connectivity index (χ1n) is 15.6. The van der Waals surface area contributed by atoms with Gasteiger partial charge < -0.3 is 24.6 Å². The van der Waals surface area contributed by atoms with Crippen LogP contribution in [0.3, 0.4) is 0 Å². The van der Waals surface area contributed by atoms with E-state index in [1.165, 1.54) is 6.08 Å². The van der Waals surface area contributed by atoms with Crippen LogP contribution in [0, 0.1) is 5.92 Å². The molecule has 6 unspecified atom stereocenters. The second-order valence-corrected chi connectivity index (χ2v) is 11.8. The molecule has 6 atom stereocenters. The Bertz CT molecular complexity index is 1810. The molecule has 4 aromatic rings. The molecule has 9 heteroatoms. The Labute approximate surface area is 272 Å². The van der Waals surface area contributed by atoms with E-state index < -0.39 is 53.4 Å². The lowest BCUT2D eigenvalue weighted by atomic mass is 9.65. The summed E-state index contributed by atoms with van der Waals surface area (Å²) in [5.74, 6) is -2.56. The van der Waals surface area contributed by atoms with Gasteiger partial charge in [-0.05, 0) is 40.5 Å². The predicted octanol–water partition coefficient (Wildman–Crippen LogP) is 5.06. The number of aliphatic hydroxyl groups excluding tert-OH is 1. The van der Waals surface area contributed by atoms with E-state index in [-0.39, 0.29) is 19.8 Å². The maximum atomic E-state index is 14.7. The van der Waals surface area contributed by atoms with E-state index in [1.54, 1.807) is 18.2 Å². The molecule has 2 fully saturated rings. The topological polar surface area (TPSA) is 114 Å². The van der Waals surface area contributed by atoms with Crippen LogP contribution in [0.15, 0.2) is 122 Å². The Balaban J connectivity index is 1.54. The van der Waals surface area contributed by atoms with Gasteiger partial charge in [0, 0.05) is 5.69 Å². The summed E-state index contributed by atoms with van der Waals surface area (Å²) in [6.07, 6.45) is 0.690. The summed E-state index contributed by atoms with van der Waals surface area (Å²) < 4.78 is 17.9. The van der Waals surface area contributed by atoms with Crippen molar-refractivity contribution in [3.63, 3.8) is 0 Å². The summed E-state index contributed by atoms with van der Waals surface area (Å²) in [4.78, 5) is 45.6. The number of rotatable bonds is 9. The summed E-state index contributed by atoms with van der Waals surface area (Å²) in [5.41, 5.74) is 1.81. The number of fused-ring (bicyclic) bond motifs is 3. The third-order valence-corrected chi connectivity index (χ3v) is 9.35. The monoisotopic (exact) mass is 630 g/mol. The fraction of sp³-hybridized carbons (Fsp3) is 0.237. The number of carbonyl (C=O) groups excluding carboxylic acids is 3. The number of ether oxygens (including phenoxy) is 3. The minimum atomic E-state index is -1.60. The molecule has 7 rings (SSSR count). The Morgan fingerprint density at radius 3 is 2.30 bits per heavy atom. The number of esters is 2. The van der Waals surface area contributed by atoms with E-state index in [9.17, 15) is 19.5 Å².